The number of likely N-dealkylation sites (N-methyl/N-ethyl adjacent to an activating group) is 1. The molecule has 7 aromatic rings. The van der Waals surface area contributed by atoms with E-state index >= 15 is 0 Å². The number of anilines is 1. The van der Waals surface area contributed by atoms with Gasteiger partial charge in [-0.05, 0) is 71.7 Å². The van der Waals surface area contributed by atoms with Crippen molar-refractivity contribution in [3.8, 4) is 0 Å². The van der Waals surface area contributed by atoms with Crippen molar-refractivity contribution < 1.29 is 38.3 Å². The summed E-state index contributed by atoms with van der Waals surface area (Å²) < 4.78 is 5.58. The molecule has 0 aliphatic carbocycles. The molecule has 6 aromatic carbocycles. The number of hydrogen-bond acceptors (Lipinski definition) is 8. The molecule has 398 valence electrons. The lowest BCUT2D eigenvalue weighted by molar-refractivity contribution is -0.150. The molecule has 1 heterocycles. The second-order valence-electron chi connectivity index (χ2n) is 19.0. The number of amides is 7. The molecular weight excluding hydrogens is 973 g/mol. The van der Waals surface area contributed by atoms with Gasteiger partial charge in [0.1, 0.15) is 30.8 Å². The van der Waals surface area contributed by atoms with Crippen LogP contribution in [0.25, 0.3) is 10.9 Å². The third-order valence-corrected chi connectivity index (χ3v) is 13.4. The minimum absolute atomic E-state index is 0.00360. The SMILES string of the molecule is Cc1ccccc1NC(=O)NCCCC[C@H](NC(=O)[C@H](Cc1c[nH]c2ccccc12)NC(=O)CC(c1ccccc1)c1ccccc1)C(=O)N[C@@H](CC(=O)OCc1ccccc1)C(=O)N(C)[C@@H](Cc1ccccc1)C(N)=O. The molecule has 1 aromatic heterocycles. The number of carbonyl (C=O) groups is 7. The summed E-state index contributed by atoms with van der Waals surface area (Å²) in [5.41, 5.74) is 12.2. The Morgan fingerprint density at radius 1 is 0.610 bits per heavy atom. The topological polar surface area (TPSA) is 234 Å². The fraction of sp³-hybridized carbons (Fsp3) is 0.262. The van der Waals surface area contributed by atoms with E-state index in [0.29, 0.717) is 23.2 Å². The number of benzene rings is 6. The Hall–Kier alpha value is -9.05. The molecule has 0 saturated heterocycles. The highest BCUT2D eigenvalue weighted by molar-refractivity contribution is 5.97. The number of aryl methyl sites for hydroxylation is 1. The van der Waals surface area contributed by atoms with Crippen LogP contribution in [-0.2, 0) is 53.0 Å². The molecule has 7 amide bonds. The number of ether oxygens (including phenoxy) is 1. The van der Waals surface area contributed by atoms with Gasteiger partial charge >= 0.3 is 12.0 Å². The van der Waals surface area contributed by atoms with Crippen LogP contribution >= 0.6 is 0 Å². The number of H-pyrrole nitrogens is 1. The van der Waals surface area contributed by atoms with Crippen molar-refractivity contribution in [2.75, 3.05) is 18.9 Å². The van der Waals surface area contributed by atoms with E-state index in [1.807, 2.05) is 122 Å². The van der Waals surface area contributed by atoms with Crippen LogP contribution in [-0.4, -0.2) is 89.2 Å². The highest BCUT2D eigenvalue weighted by atomic mass is 16.5. The van der Waals surface area contributed by atoms with Gasteiger partial charge in [-0.15, -0.1) is 0 Å². The van der Waals surface area contributed by atoms with Gasteiger partial charge in [0.05, 0.1) is 6.42 Å². The number of para-hydroxylation sites is 2. The Labute approximate surface area is 448 Å². The maximum absolute atomic E-state index is 14.9. The third-order valence-electron chi connectivity index (χ3n) is 13.4. The Kier molecular flexibility index (Phi) is 20.3. The lowest BCUT2D eigenvalue weighted by Crippen LogP contribution is -2.59. The molecule has 7 rings (SSSR count). The summed E-state index contributed by atoms with van der Waals surface area (Å²) in [5.74, 6) is -4.71. The largest absolute Gasteiger partial charge is 0.461 e. The number of primary amides is 1. The average molecular weight is 1040 g/mol. The summed E-state index contributed by atoms with van der Waals surface area (Å²) in [6, 6.07) is 46.3. The van der Waals surface area contributed by atoms with Gasteiger partial charge in [0.2, 0.25) is 29.5 Å². The number of unbranched alkanes of at least 4 members (excludes halogenated alkanes) is 1. The molecule has 4 atom stereocenters. The van der Waals surface area contributed by atoms with Crippen LogP contribution in [0.2, 0.25) is 0 Å². The van der Waals surface area contributed by atoms with Gasteiger partial charge in [0, 0.05) is 61.6 Å². The minimum atomic E-state index is -1.59. The first-order chi connectivity index (χ1) is 37.3. The normalized spacial score (nSPS) is 12.6. The van der Waals surface area contributed by atoms with Crippen molar-refractivity contribution >= 4 is 58.1 Å². The van der Waals surface area contributed by atoms with Gasteiger partial charge < -0.3 is 46.9 Å². The maximum atomic E-state index is 14.9. The van der Waals surface area contributed by atoms with Gasteiger partial charge in [0.15, 0.2) is 0 Å². The summed E-state index contributed by atoms with van der Waals surface area (Å²) in [6.45, 7) is 1.97. The number of aromatic nitrogens is 1. The molecule has 77 heavy (non-hydrogen) atoms. The molecule has 0 bridgehead atoms. The van der Waals surface area contributed by atoms with Crippen LogP contribution in [0.1, 0.15) is 71.4 Å². The first-order valence-electron chi connectivity index (χ1n) is 25.8. The van der Waals surface area contributed by atoms with Crippen LogP contribution in [0, 0.1) is 6.92 Å². The minimum Gasteiger partial charge on any atom is -0.461 e. The first kappa shape index (κ1) is 55.7. The van der Waals surface area contributed by atoms with Gasteiger partial charge in [0.25, 0.3) is 0 Å². The predicted octanol–water partition coefficient (Wildman–Crippen LogP) is 7.38. The number of esters is 1. The van der Waals surface area contributed by atoms with Gasteiger partial charge in [-0.25, -0.2) is 4.79 Å². The van der Waals surface area contributed by atoms with Crippen molar-refractivity contribution in [1.82, 2.24) is 31.2 Å². The zero-order chi connectivity index (χ0) is 54.5. The van der Waals surface area contributed by atoms with Crippen molar-refractivity contribution in [3.05, 3.63) is 209 Å². The second-order valence-corrected chi connectivity index (χ2v) is 19.0. The molecule has 0 aliphatic heterocycles. The fourth-order valence-electron chi connectivity index (χ4n) is 9.16. The zero-order valence-electron chi connectivity index (χ0n) is 43.3. The molecule has 8 N–H and O–H groups in total. The smallest absolute Gasteiger partial charge is 0.319 e. The fourth-order valence-corrected chi connectivity index (χ4v) is 9.16. The molecule has 0 fully saturated rings. The van der Waals surface area contributed by atoms with E-state index in [1.54, 1.807) is 60.8 Å². The molecule has 0 radical (unpaired) electrons. The number of nitrogens with one attached hydrogen (secondary N) is 6. The van der Waals surface area contributed by atoms with E-state index in [2.05, 4.69) is 31.6 Å². The second kappa shape index (κ2) is 28.0. The van der Waals surface area contributed by atoms with Crippen LogP contribution in [0.3, 0.4) is 0 Å². The van der Waals surface area contributed by atoms with Crippen LogP contribution in [0.5, 0.6) is 0 Å². The molecule has 16 heteroatoms. The third kappa shape index (κ3) is 16.5. The molecule has 0 spiro atoms. The highest BCUT2D eigenvalue weighted by Gasteiger charge is 2.36. The molecular formula is C61H66N8O8. The average Bonchev–Trinajstić information content (AvgIpc) is 3.86. The van der Waals surface area contributed by atoms with Crippen molar-refractivity contribution in [3.63, 3.8) is 0 Å². The summed E-state index contributed by atoms with van der Waals surface area (Å²) in [5, 5.41) is 15.1. The first-order valence-corrected chi connectivity index (χ1v) is 25.8. The zero-order valence-corrected chi connectivity index (χ0v) is 43.3. The molecule has 0 aliphatic rings. The molecule has 0 saturated carbocycles. The van der Waals surface area contributed by atoms with Gasteiger partial charge in [-0.1, -0.05) is 158 Å². The Morgan fingerprint density at radius 3 is 1.83 bits per heavy atom. The molecule has 16 nitrogen and oxygen atoms in total. The lowest BCUT2D eigenvalue weighted by atomic mass is 9.88. The number of fused-ring (bicyclic) bond motifs is 1. The number of nitrogens with two attached hydrogens (primary N) is 1. The summed E-state index contributed by atoms with van der Waals surface area (Å²) in [6.07, 6.45) is 1.88. The Morgan fingerprint density at radius 2 is 1.18 bits per heavy atom. The van der Waals surface area contributed by atoms with E-state index < -0.39 is 72.1 Å². The highest BCUT2D eigenvalue weighted by Crippen LogP contribution is 2.28. The van der Waals surface area contributed by atoms with E-state index in [1.165, 1.54) is 7.05 Å². The van der Waals surface area contributed by atoms with Crippen molar-refractivity contribution in [2.45, 2.75) is 88.6 Å². The number of urea groups is 1. The van der Waals surface area contributed by atoms with Gasteiger partial charge in [-0.3, -0.25) is 28.8 Å². The van der Waals surface area contributed by atoms with E-state index in [4.69, 9.17) is 10.5 Å². The van der Waals surface area contributed by atoms with E-state index in [-0.39, 0.29) is 51.2 Å². The van der Waals surface area contributed by atoms with Crippen LogP contribution in [0.15, 0.2) is 176 Å². The lowest BCUT2D eigenvalue weighted by Gasteiger charge is -2.31. The molecule has 0 unspecified atom stereocenters. The Balaban J connectivity index is 1.15. The van der Waals surface area contributed by atoms with Gasteiger partial charge in [-0.2, -0.15) is 0 Å². The van der Waals surface area contributed by atoms with Crippen molar-refractivity contribution in [1.29, 1.82) is 0 Å². The maximum Gasteiger partial charge on any atom is 0.319 e. The number of hydrogen-bond donors (Lipinski definition) is 7. The number of carbonyl (C=O) groups excluding carboxylic acids is 7. The Bertz CT molecular complexity index is 3040. The van der Waals surface area contributed by atoms with Crippen molar-refractivity contribution in [2.24, 2.45) is 5.73 Å². The summed E-state index contributed by atoms with van der Waals surface area (Å²) in [4.78, 5) is 103. The summed E-state index contributed by atoms with van der Waals surface area (Å²) in [7, 11) is 1.37. The van der Waals surface area contributed by atoms with E-state index in [0.717, 1.165) is 38.1 Å². The van der Waals surface area contributed by atoms with E-state index in [9.17, 15) is 33.6 Å². The van der Waals surface area contributed by atoms with Crippen LogP contribution in [0.4, 0.5) is 10.5 Å². The summed E-state index contributed by atoms with van der Waals surface area (Å²) >= 11 is 0. The predicted molar refractivity (Wildman–Crippen MR) is 296 cm³/mol. The quantitative estimate of drug-likeness (QED) is 0.0213. The monoisotopic (exact) mass is 1040 g/mol. The number of aromatic amines is 1. The van der Waals surface area contributed by atoms with Crippen LogP contribution < -0.4 is 32.3 Å². The standard InChI is InChI=1S/C61H66N8O8/c1-41-21-15-17-31-49(41)68-61(76)63-34-20-19-33-51(58(73)67-53(38-56(71)77-40-43-24-9-4-10-25-43)60(75)69(2)54(57(62)72)35-42-22-7-3-8-23-42)66-59(74)52(36-46-39-64-50-32-18-16-30-47(46)50)65-55(70)37-48(44-26-11-5-12-27-44)45-28-13-6-14-29-45/h3-18,21-32,39,48,51-54,64H,19-20,33-38,40H2,1-2H3,(H2,62,72)(H,65,70)(H,66,74)(H,67,73)(H2,63,68,76)/t51-,52-,53-,54-/m0/s1. The number of rotatable bonds is 26. The number of nitrogens with zero attached hydrogens (tertiary/aromatic N) is 1.